The largest absolute Gasteiger partial charge is 0.496 e. The summed E-state index contributed by atoms with van der Waals surface area (Å²) in [6.45, 7) is 1.70. The molecule has 0 spiro atoms. The zero-order valence-electron chi connectivity index (χ0n) is 13.5. The van der Waals surface area contributed by atoms with Crippen LogP contribution in [0.1, 0.15) is 16.3 Å². The highest BCUT2D eigenvalue weighted by Crippen LogP contribution is 2.23. The molecule has 0 fully saturated rings. The van der Waals surface area contributed by atoms with Crippen molar-refractivity contribution in [3.8, 4) is 5.75 Å². The first kappa shape index (κ1) is 17.4. The molecule has 0 saturated heterocycles. The zero-order chi connectivity index (χ0) is 18.0. The average molecular weight is 380 g/mol. The molecule has 2 aromatic heterocycles. The summed E-state index contributed by atoms with van der Waals surface area (Å²) in [4.78, 5) is 28.6. The van der Waals surface area contributed by atoms with Crippen molar-refractivity contribution in [2.45, 2.75) is 20.0 Å². The highest BCUT2D eigenvalue weighted by atomic mass is 35.5. The minimum Gasteiger partial charge on any atom is -0.496 e. The molecule has 0 aliphatic rings. The molecule has 9 heteroatoms. The standard InChI is InChI=1S/C16H14ClN3O4S/c1-9-5-14(21)20-16(18-9)25-13(19-20)8-24-15(22)7-10-6-11(17)3-4-12(10)23-2/h3-6H,7-8H2,1-2H3. The predicted octanol–water partition coefficient (Wildman–Crippen LogP) is 2.41. The first-order valence-electron chi connectivity index (χ1n) is 7.30. The molecule has 0 radical (unpaired) electrons. The maximum Gasteiger partial charge on any atom is 0.310 e. The Morgan fingerprint density at radius 3 is 2.92 bits per heavy atom. The number of aromatic nitrogens is 3. The van der Waals surface area contributed by atoms with E-state index in [0.717, 1.165) is 0 Å². The Balaban J connectivity index is 1.70. The SMILES string of the molecule is COc1ccc(Cl)cc1CC(=O)OCc1nn2c(=O)cc(C)nc2s1. The van der Waals surface area contributed by atoms with Crippen molar-refractivity contribution in [3.05, 3.63) is 55.9 Å². The van der Waals surface area contributed by atoms with Crippen molar-refractivity contribution in [2.24, 2.45) is 0 Å². The number of rotatable bonds is 5. The van der Waals surface area contributed by atoms with E-state index >= 15 is 0 Å². The van der Waals surface area contributed by atoms with Crippen LogP contribution in [0.4, 0.5) is 0 Å². The van der Waals surface area contributed by atoms with Gasteiger partial charge in [-0.3, -0.25) is 9.59 Å². The maximum absolute atomic E-state index is 12.1. The summed E-state index contributed by atoms with van der Waals surface area (Å²) in [6, 6.07) is 6.43. The molecule has 0 aliphatic heterocycles. The summed E-state index contributed by atoms with van der Waals surface area (Å²) in [5.74, 6) is 0.115. The van der Waals surface area contributed by atoms with Gasteiger partial charge in [0.15, 0.2) is 5.01 Å². The molecule has 3 aromatic rings. The smallest absolute Gasteiger partial charge is 0.310 e. The molecule has 25 heavy (non-hydrogen) atoms. The Kier molecular flexibility index (Phi) is 5.00. The monoisotopic (exact) mass is 379 g/mol. The Hall–Kier alpha value is -2.45. The minimum atomic E-state index is -0.448. The van der Waals surface area contributed by atoms with E-state index in [1.165, 1.54) is 29.0 Å². The number of methoxy groups -OCH3 is 1. The number of benzene rings is 1. The summed E-state index contributed by atoms with van der Waals surface area (Å²) in [6.07, 6.45) is 0.0198. The average Bonchev–Trinajstić information content (AvgIpc) is 2.96. The molecule has 130 valence electrons. The van der Waals surface area contributed by atoms with Gasteiger partial charge < -0.3 is 9.47 Å². The first-order valence-corrected chi connectivity index (χ1v) is 8.50. The van der Waals surface area contributed by atoms with Crippen LogP contribution in [0.15, 0.2) is 29.1 Å². The Morgan fingerprint density at radius 2 is 2.16 bits per heavy atom. The molecule has 1 aromatic carbocycles. The third-order valence-electron chi connectivity index (χ3n) is 3.35. The Bertz CT molecular complexity index is 999. The van der Waals surface area contributed by atoms with Gasteiger partial charge >= 0.3 is 5.97 Å². The molecule has 0 atom stereocenters. The zero-order valence-corrected chi connectivity index (χ0v) is 15.1. The van der Waals surface area contributed by atoms with E-state index in [1.807, 2.05) is 0 Å². The van der Waals surface area contributed by atoms with Crippen molar-refractivity contribution in [1.29, 1.82) is 0 Å². The van der Waals surface area contributed by atoms with Crippen LogP contribution < -0.4 is 10.3 Å². The molecule has 2 heterocycles. The van der Waals surface area contributed by atoms with Gasteiger partial charge in [0, 0.05) is 22.3 Å². The van der Waals surface area contributed by atoms with Crippen molar-refractivity contribution in [2.75, 3.05) is 7.11 Å². The lowest BCUT2D eigenvalue weighted by atomic mass is 10.1. The number of ether oxygens (including phenoxy) is 2. The van der Waals surface area contributed by atoms with Crippen LogP contribution in [0.3, 0.4) is 0 Å². The van der Waals surface area contributed by atoms with Gasteiger partial charge in [0.05, 0.1) is 13.5 Å². The van der Waals surface area contributed by atoms with Crippen LogP contribution in [0, 0.1) is 6.92 Å². The van der Waals surface area contributed by atoms with Gasteiger partial charge in [-0.05, 0) is 25.1 Å². The third kappa shape index (κ3) is 3.97. The number of hydrogen-bond donors (Lipinski definition) is 0. The van der Waals surface area contributed by atoms with E-state index in [4.69, 9.17) is 21.1 Å². The van der Waals surface area contributed by atoms with Gasteiger partial charge in [0.2, 0.25) is 4.96 Å². The first-order chi connectivity index (χ1) is 12.0. The van der Waals surface area contributed by atoms with E-state index in [9.17, 15) is 9.59 Å². The minimum absolute atomic E-state index is 0.0198. The highest BCUT2D eigenvalue weighted by Gasteiger charge is 2.13. The van der Waals surface area contributed by atoms with Crippen LogP contribution in [0.5, 0.6) is 5.75 Å². The third-order valence-corrected chi connectivity index (χ3v) is 4.47. The number of hydrogen-bond acceptors (Lipinski definition) is 7. The fourth-order valence-corrected chi connectivity index (χ4v) is 3.31. The molecule has 0 bridgehead atoms. The van der Waals surface area contributed by atoms with E-state index in [2.05, 4.69) is 10.1 Å². The summed E-state index contributed by atoms with van der Waals surface area (Å²) in [5, 5.41) is 5.11. The second-order valence-electron chi connectivity index (χ2n) is 5.22. The van der Waals surface area contributed by atoms with Crippen LogP contribution >= 0.6 is 22.9 Å². The second kappa shape index (κ2) is 7.20. The van der Waals surface area contributed by atoms with Crippen LogP contribution in [-0.4, -0.2) is 27.7 Å². The molecule has 0 aliphatic carbocycles. The normalized spacial score (nSPS) is 10.8. The van der Waals surface area contributed by atoms with Gasteiger partial charge in [-0.1, -0.05) is 22.9 Å². The topological polar surface area (TPSA) is 82.8 Å². The quantitative estimate of drug-likeness (QED) is 0.633. The number of esters is 1. The van der Waals surface area contributed by atoms with Crippen molar-refractivity contribution in [3.63, 3.8) is 0 Å². The van der Waals surface area contributed by atoms with E-state index in [0.29, 0.717) is 32.0 Å². The van der Waals surface area contributed by atoms with Gasteiger partial charge in [0.25, 0.3) is 5.56 Å². The molecule has 3 rings (SSSR count). The Labute approximate surface area is 151 Å². The number of nitrogens with zero attached hydrogens (tertiary/aromatic N) is 3. The number of halogens is 1. The number of aryl methyl sites for hydroxylation is 1. The van der Waals surface area contributed by atoms with Crippen molar-refractivity contribution < 1.29 is 14.3 Å². The van der Waals surface area contributed by atoms with Gasteiger partial charge in [0.1, 0.15) is 12.4 Å². The molecule has 0 unspecified atom stereocenters. The van der Waals surface area contributed by atoms with Crippen molar-refractivity contribution >= 4 is 33.9 Å². The molecule has 0 saturated carbocycles. The fraction of sp³-hybridized carbons (Fsp3) is 0.250. The number of carbonyl (C=O) groups excluding carboxylic acids is 1. The fourth-order valence-electron chi connectivity index (χ4n) is 2.25. The molecular formula is C16H14ClN3O4S. The van der Waals surface area contributed by atoms with Crippen LogP contribution in [0.2, 0.25) is 5.02 Å². The van der Waals surface area contributed by atoms with Gasteiger partial charge in [-0.15, -0.1) is 0 Å². The van der Waals surface area contributed by atoms with E-state index in [1.54, 1.807) is 25.1 Å². The van der Waals surface area contributed by atoms with Crippen molar-refractivity contribution in [1.82, 2.24) is 14.6 Å². The highest BCUT2D eigenvalue weighted by molar-refractivity contribution is 7.16. The molecular weight excluding hydrogens is 366 g/mol. The lowest BCUT2D eigenvalue weighted by Gasteiger charge is -2.08. The lowest BCUT2D eigenvalue weighted by molar-refractivity contribution is -0.144. The maximum atomic E-state index is 12.1. The molecule has 0 N–H and O–H groups in total. The summed E-state index contributed by atoms with van der Waals surface area (Å²) >= 11 is 7.15. The van der Waals surface area contributed by atoms with E-state index in [-0.39, 0.29) is 18.6 Å². The van der Waals surface area contributed by atoms with Gasteiger partial charge in [-0.2, -0.15) is 9.61 Å². The van der Waals surface area contributed by atoms with Crippen LogP contribution in [-0.2, 0) is 22.6 Å². The summed E-state index contributed by atoms with van der Waals surface area (Å²) in [7, 11) is 1.52. The molecule has 0 amide bonds. The molecule has 7 nitrogen and oxygen atoms in total. The van der Waals surface area contributed by atoms with Gasteiger partial charge in [-0.25, -0.2) is 4.98 Å². The summed E-state index contributed by atoms with van der Waals surface area (Å²) in [5.41, 5.74) is 0.989. The van der Waals surface area contributed by atoms with E-state index < -0.39 is 5.97 Å². The number of carbonyl (C=O) groups is 1. The lowest BCUT2D eigenvalue weighted by Crippen LogP contribution is -2.14. The Morgan fingerprint density at radius 1 is 1.36 bits per heavy atom. The number of fused-ring (bicyclic) bond motifs is 1. The summed E-state index contributed by atoms with van der Waals surface area (Å²) < 4.78 is 11.6. The second-order valence-corrected chi connectivity index (χ2v) is 6.70. The van der Waals surface area contributed by atoms with Crippen LogP contribution in [0.25, 0.3) is 4.96 Å². The predicted molar refractivity (Wildman–Crippen MR) is 93.4 cm³/mol.